The van der Waals surface area contributed by atoms with Crippen LogP contribution in [0.2, 0.25) is 0 Å². The van der Waals surface area contributed by atoms with Gasteiger partial charge in [-0.25, -0.2) is 0 Å². The van der Waals surface area contributed by atoms with Gasteiger partial charge in [0, 0.05) is 6.61 Å². The number of hydrogen-bond donors (Lipinski definition) is 0. The van der Waals surface area contributed by atoms with Gasteiger partial charge in [-0.3, -0.25) is 0 Å². The molecule has 0 spiro atoms. The summed E-state index contributed by atoms with van der Waals surface area (Å²) in [4.78, 5) is 20.4. The molecule has 0 atom stereocenters. The molecule has 0 bridgehead atoms. The maximum atomic E-state index is 10.4. The molecule has 0 aromatic heterocycles. The van der Waals surface area contributed by atoms with Gasteiger partial charge < -0.3 is 4.74 Å². The van der Waals surface area contributed by atoms with Gasteiger partial charge in [-0.05, 0) is 40.5 Å². The molecule has 0 amide bonds. The van der Waals surface area contributed by atoms with Gasteiger partial charge in [-0.15, -0.1) is 0 Å². The molecular formula is C10H20N2O3. The number of ether oxygens (including phenoxy) is 1. The van der Waals surface area contributed by atoms with Crippen molar-refractivity contribution in [2.45, 2.75) is 51.7 Å². The van der Waals surface area contributed by atoms with Crippen molar-refractivity contribution >= 4 is 0 Å². The van der Waals surface area contributed by atoms with Gasteiger partial charge in [0.1, 0.15) is 0 Å². The molecular weight excluding hydrogens is 196 g/mol. The lowest BCUT2D eigenvalue weighted by atomic mass is 10.0. The van der Waals surface area contributed by atoms with E-state index in [1.54, 1.807) is 13.8 Å². The molecule has 5 nitrogen and oxygen atoms in total. The predicted octanol–water partition coefficient (Wildman–Crippen LogP) is 2.87. The lowest BCUT2D eigenvalue weighted by Crippen LogP contribution is -2.28. The third kappa shape index (κ3) is 7.13. The number of hydrogen-bond acceptors (Lipinski definition) is 5. The van der Waals surface area contributed by atoms with Gasteiger partial charge in [0.05, 0.1) is 17.7 Å². The zero-order valence-electron chi connectivity index (χ0n) is 9.95. The first-order chi connectivity index (χ1) is 6.83. The summed E-state index contributed by atoms with van der Waals surface area (Å²) in [7, 11) is 0. The smallest absolute Gasteiger partial charge is 0.0992 e. The Balaban J connectivity index is 3.83. The third-order valence-corrected chi connectivity index (χ3v) is 2.26. The van der Waals surface area contributed by atoms with Crippen molar-refractivity contribution in [1.82, 2.24) is 0 Å². The highest BCUT2D eigenvalue weighted by atomic mass is 16.5. The average Bonchev–Trinajstić information content (AvgIpc) is 2.14. The van der Waals surface area contributed by atoms with E-state index >= 15 is 0 Å². The molecule has 0 aromatic rings. The third-order valence-electron chi connectivity index (χ3n) is 2.26. The molecule has 0 fully saturated rings. The molecule has 0 aliphatic rings. The summed E-state index contributed by atoms with van der Waals surface area (Å²) in [5.74, 6) is 0. The summed E-state index contributed by atoms with van der Waals surface area (Å²) in [6, 6.07) is 0. The summed E-state index contributed by atoms with van der Waals surface area (Å²) < 4.78 is 5.57. The van der Waals surface area contributed by atoms with Gasteiger partial charge in [0.25, 0.3) is 0 Å². The second-order valence-corrected chi connectivity index (χ2v) is 4.86. The van der Waals surface area contributed by atoms with E-state index in [1.807, 2.05) is 13.8 Å². The van der Waals surface area contributed by atoms with Crippen molar-refractivity contribution in [1.29, 1.82) is 0 Å². The van der Waals surface area contributed by atoms with Crippen LogP contribution in [0.4, 0.5) is 0 Å². The molecule has 0 aliphatic carbocycles. The fourth-order valence-corrected chi connectivity index (χ4v) is 1.01. The summed E-state index contributed by atoms with van der Waals surface area (Å²) in [5, 5.41) is 5.80. The van der Waals surface area contributed by atoms with Crippen LogP contribution < -0.4 is 0 Å². The molecule has 0 heterocycles. The molecule has 0 N–H and O–H groups in total. The van der Waals surface area contributed by atoms with Crippen LogP contribution >= 0.6 is 0 Å². The van der Waals surface area contributed by atoms with Crippen molar-refractivity contribution in [3.63, 3.8) is 0 Å². The fourth-order valence-electron chi connectivity index (χ4n) is 1.01. The van der Waals surface area contributed by atoms with Crippen molar-refractivity contribution in [2.24, 2.45) is 10.4 Å². The minimum absolute atomic E-state index is 0.252. The second kappa shape index (κ2) is 5.90. The Morgan fingerprint density at radius 3 is 2.13 bits per heavy atom. The second-order valence-electron chi connectivity index (χ2n) is 4.86. The Hall–Kier alpha value is -0.840. The number of rotatable bonds is 8. The van der Waals surface area contributed by atoms with E-state index in [2.05, 4.69) is 10.4 Å². The molecule has 15 heavy (non-hydrogen) atoms. The first-order valence-corrected chi connectivity index (χ1v) is 5.10. The van der Waals surface area contributed by atoms with E-state index in [4.69, 9.17) is 4.74 Å². The van der Waals surface area contributed by atoms with E-state index in [0.29, 0.717) is 19.4 Å². The molecule has 5 heteroatoms. The SMILES string of the molecule is CC(C)(CCOC(C)(C)CCN=O)N=O. The number of nitroso groups, excluding NO2 is 2. The van der Waals surface area contributed by atoms with Crippen LogP contribution in [0.3, 0.4) is 0 Å². The minimum atomic E-state index is -0.584. The van der Waals surface area contributed by atoms with Gasteiger partial charge in [0.2, 0.25) is 0 Å². The maximum absolute atomic E-state index is 10.4. The Morgan fingerprint density at radius 2 is 1.67 bits per heavy atom. The van der Waals surface area contributed by atoms with Gasteiger partial charge in [-0.2, -0.15) is 9.81 Å². The Bertz CT molecular complexity index is 215. The zero-order valence-corrected chi connectivity index (χ0v) is 9.95. The van der Waals surface area contributed by atoms with Crippen LogP contribution in [0.5, 0.6) is 0 Å². The summed E-state index contributed by atoms with van der Waals surface area (Å²) in [6.45, 7) is 8.05. The Labute approximate surface area is 90.5 Å². The topological polar surface area (TPSA) is 68.1 Å². The highest BCUT2D eigenvalue weighted by Crippen LogP contribution is 2.18. The van der Waals surface area contributed by atoms with Crippen LogP contribution in [0.1, 0.15) is 40.5 Å². The molecule has 0 unspecified atom stereocenters. The lowest BCUT2D eigenvalue weighted by molar-refractivity contribution is -0.0272. The largest absolute Gasteiger partial charge is 0.375 e. The van der Waals surface area contributed by atoms with Crippen LogP contribution in [0.15, 0.2) is 10.4 Å². The van der Waals surface area contributed by atoms with Crippen LogP contribution in [0, 0.1) is 9.81 Å². The maximum Gasteiger partial charge on any atom is 0.0992 e. The highest BCUT2D eigenvalue weighted by molar-refractivity contribution is 4.77. The lowest BCUT2D eigenvalue weighted by Gasteiger charge is -2.25. The zero-order chi connectivity index (χ0) is 11.9. The normalized spacial score (nSPS) is 12.5. The van der Waals surface area contributed by atoms with Crippen molar-refractivity contribution in [3.05, 3.63) is 9.81 Å². The monoisotopic (exact) mass is 216 g/mol. The van der Waals surface area contributed by atoms with Gasteiger partial charge in [-0.1, -0.05) is 10.4 Å². The molecule has 0 aromatic carbocycles. The van der Waals surface area contributed by atoms with E-state index in [-0.39, 0.29) is 12.1 Å². The van der Waals surface area contributed by atoms with Crippen molar-refractivity contribution in [2.75, 3.05) is 13.2 Å². The quantitative estimate of drug-likeness (QED) is 0.586. The molecule has 88 valence electrons. The molecule has 0 saturated heterocycles. The first-order valence-electron chi connectivity index (χ1n) is 5.10. The molecule has 0 aliphatic heterocycles. The van der Waals surface area contributed by atoms with Gasteiger partial charge in [0.15, 0.2) is 0 Å². The van der Waals surface area contributed by atoms with Crippen LogP contribution in [-0.4, -0.2) is 24.3 Å². The van der Waals surface area contributed by atoms with Gasteiger partial charge >= 0.3 is 0 Å². The Morgan fingerprint density at radius 1 is 1.07 bits per heavy atom. The molecule has 0 radical (unpaired) electrons. The van der Waals surface area contributed by atoms with E-state index < -0.39 is 5.54 Å². The predicted molar refractivity (Wildman–Crippen MR) is 59.8 cm³/mol. The van der Waals surface area contributed by atoms with Crippen molar-refractivity contribution < 1.29 is 4.74 Å². The molecule has 0 rings (SSSR count). The fraction of sp³-hybridized carbons (Fsp3) is 1.00. The number of nitrogens with zero attached hydrogens (tertiary/aromatic N) is 2. The summed E-state index contributed by atoms with van der Waals surface area (Å²) in [5.41, 5.74) is -0.953. The Kier molecular flexibility index (Phi) is 5.57. The standard InChI is InChI=1S/C10H20N2O3/c1-9(2,12-14)6-8-15-10(3,4)5-7-11-13/h5-8H2,1-4H3. The molecule has 0 saturated carbocycles. The van der Waals surface area contributed by atoms with E-state index in [1.165, 1.54) is 0 Å². The van der Waals surface area contributed by atoms with E-state index in [0.717, 1.165) is 0 Å². The average molecular weight is 216 g/mol. The summed E-state index contributed by atoms with van der Waals surface area (Å²) in [6.07, 6.45) is 1.17. The first kappa shape index (κ1) is 14.2. The van der Waals surface area contributed by atoms with Crippen LogP contribution in [-0.2, 0) is 4.74 Å². The van der Waals surface area contributed by atoms with E-state index in [9.17, 15) is 9.81 Å². The summed E-state index contributed by atoms with van der Waals surface area (Å²) >= 11 is 0. The van der Waals surface area contributed by atoms with Crippen molar-refractivity contribution in [3.8, 4) is 0 Å². The minimum Gasteiger partial charge on any atom is -0.375 e. The highest BCUT2D eigenvalue weighted by Gasteiger charge is 2.22. The van der Waals surface area contributed by atoms with Crippen LogP contribution in [0.25, 0.3) is 0 Å².